The normalized spacial score (nSPS) is 33.1. The lowest BCUT2D eigenvalue weighted by molar-refractivity contribution is -0.142. The van der Waals surface area contributed by atoms with Crippen LogP contribution in [0.3, 0.4) is 0 Å². The molecular weight excluding hydrogens is 456 g/mol. The number of carbonyl (C=O) groups excluding carboxylic acids is 1. The third kappa shape index (κ3) is 4.07. The molecule has 36 heavy (non-hydrogen) atoms. The fraction of sp³-hybridized carbons (Fsp3) is 0.679. The van der Waals surface area contributed by atoms with Crippen LogP contribution in [-0.4, -0.2) is 45.7 Å². The van der Waals surface area contributed by atoms with Gasteiger partial charge in [-0.1, -0.05) is 37.8 Å². The van der Waals surface area contributed by atoms with Crippen molar-refractivity contribution in [1.29, 1.82) is 0 Å². The molecule has 4 aliphatic rings. The molecule has 1 aromatic heterocycles. The Kier molecular flexibility index (Phi) is 6.40. The Bertz CT molecular complexity index is 1190. The fourth-order valence-electron chi connectivity index (χ4n) is 8.17. The maximum Gasteiger partial charge on any atom is 0.340 e. The van der Waals surface area contributed by atoms with Crippen molar-refractivity contribution in [3.8, 4) is 0 Å². The number of carbonyl (C=O) groups is 1. The lowest BCUT2D eigenvalue weighted by Gasteiger charge is -2.55. The van der Waals surface area contributed by atoms with Crippen molar-refractivity contribution in [2.45, 2.75) is 101 Å². The number of benzene rings is 1. The van der Waals surface area contributed by atoms with Crippen molar-refractivity contribution in [3.05, 3.63) is 45.2 Å². The molecule has 4 fully saturated rings. The van der Waals surface area contributed by atoms with Gasteiger partial charge in [-0.25, -0.2) is 9.78 Å². The zero-order chi connectivity index (χ0) is 24.8. The number of aromatic nitrogens is 2. The molecule has 0 amide bonds. The van der Waals surface area contributed by atoms with Gasteiger partial charge in [0.1, 0.15) is 5.69 Å². The Morgan fingerprint density at radius 1 is 0.944 bits per heavy atom. The van der Waals surface area contributed by atoms with E-state index in [0.717, 1.165) is 30.2 Å². The van der Waals surface area contributed by atoms with Gasteiger partial charge in [0.2, 0.25) is 6.04 Å². The van der Waals surface area contributed by atoms with Crippen LogP contribution in [-0.2, 0) is 9.53 Å². The van der Waals surface area contributed by atoms with E-state index in [4.69, 9.17) is 4.74 Å². The van der Waals surface area contributed by atoms with Gasteiger partial charge in [0, 0.05) is 24.2 Å². The minimum atomic E-state index is -1.56. The van der Waals surface area contributed by atoms with Crippen molar-refractivity contribution in [3.63, 3.8) is 0 Å². The van der Waals surface area contributed by atoms with Gasteiger partial charge in [-0.2, -0.15) is 0 Å². The second-order valence-electron chi connectivity index (χ2n) is 11.5. The van der Waals surface area contributed by atoms with Crippen LogP contribution >= 0.6 is 0 Å². The topological polar surface area (TPSA) is 93.9 Å². The molecule has 2 saturated heterocycles. The Morgan fingerprint density at radius 3 is 2.28 bits per heavy atom. The van der Waals surface area contributed by atoms with Gasteiger partial charge in [0.05, 0.1) is 18.1 Å². The van der Waals surface area contributed by atoms with Crippen LogP contribution in [0.1, 0.15) is 88.4 Å². The number of ether oxygens (including phenoxy) is 1. The Hall–Kier alpha value is -2.61. The van der Waals surface area contributed by atoms with E-state index in [0.29, 0.717) is 23.6 Å². The summed E-state index contributed by atoms with van der Waals surface area (Å²) in [6, 6.07) is 7.56. The van der Waals surface area contributed by atoms with Gasteiger partial charge in [-0.3, -0.25) is 9.69 Å². The first kappa shape index (κ1) is 23.8. The minimum absolute atomic E-state index is 0.00346. The summed E-state index contributed by atoms with van der Waals surface area (Å²) in [5, 5.41) is 2.93. The highest BCUT2D eigenvalue weighted by Crippen LogP contribution is 2.47. The number of fused-ring (bicyclic) bond motifs is 5. The number of piperidine rings is 2. The van der Waals surface area contributed by atoms with Crippen molar-refractivity contribution in [2.75, 3.05) is 7.11 Å². The number of nitrogens with zero attached hydrogens (tertiary/aromatic N) is 4. The monoisotopic (exact) mass is 492 g/mol. The van der Waals surface area contributed by atoms with Crippen molar-refractivity contribution < 1.29 is 9.53 Å². The molecule has 2 aliphatic carbocycles. The second-order valence-corrected chi connectivity index (χ2v) is 11.5. The van der Waals surface area contributed by atoms with Gasteiger partial charge in [-0.15, -0.1) is 4.91 Å². The lowest BCUT2D eigenvalue weighted by atomic mass is 9.68. The lowest BCUT2D eigenvalue weighted by Crippen LogP contribution is -2.58. The number of hydrogen-bond acceptors (Lipinski definition) is 7. The average molecular weight is 493 g/mol. The standard InChI is InChI=1S/C28H36N4O4/c1-36-28(34)26(30-35)25-27(33)32(24-11-3-2-10-23(24)29-25)22-15-19-8-5-9-20(16-22)31(19)21-13-17-6-4-7-18(12-17)14-21/h2-3,10-11,17-22,26H,4-9,12-16H2,1H3/t17?,18?,19-,20+,21?,22?,26?. The first-order valence-corrected chi connectivity index (χ1v) is 13.8. The molecule has 2 aliphatic heterocycles. The van der Waals surface area contributed by atoms with Crippen LogP contribution in [0.15, 0.2) is 34.2 Å². The fourth-order valence-corrected chi connectivity index (χ4v) is 8.17. The molecule has 0 radical (unpaired) electrons. The van der Waals surface area contributed by atoms with E-state index in [1.165, 1.54) is 64.9 Å². The number of esters is 1. The summed E-state index contributed by atoms with van der Waals surface area (Å²) in [4.78, 5) is 45.0. The predicted molar refractivity (Wildman–Crippen MR) is 137 cm³/mol. The zero-order valence-corrected chi connectivity index (χ0v) is 21.1. The smallest absolute Gasteiger partial charge is 0.340 e. The molecule has 4 unspecified atom stereocenters. The van der Waals surface area contributed by atoms with Crippen LogP contribution in [0.5, 0.6) is 0 Å². The summed E-state index contributed by atoms with van der Waals surface area (Å²) >= 11 is 0. The molecule has 6 atom stereocenters. The first-order valence-electron chi connectivity index (χ1n) is 13.8. The summed E-state index contributed by atoms with van der Waals surface area (Å²) in [5.74, 6) is 0.925. The van der Waals surface area contributed by atoms with Crippen LogP contribution in [0.2, 0.25) is 0 Å². The zero-order valence-electron chi connectivity index (χ0n) is 21.1. The van der Waals surface area contributed by atoms with E-state index in [-0.39, 0.29) is 11.7 Å². The molecule has 0 spiro atoms. The number of hydrogen-bond donors (Lipinski definition) is 0. The molecule has 192 valence electrons. The van der Waals surface area contributed by atoms with Gasteiger partial charge in [0.15, 0.2) is 0 Å². The van der Waals surface area contributed by atoms with Crippen molar-refractivity contribution in [1.82, 2.24) is 14.5 Å². The molecular formula is C28H36N4O4. The molecule has 3 heterocycles. The van der Waals surface area contributed by atoms with Crippen molar-refractivity contribution in [2.24, 2.45) is 17.0 Å². The summed E-state index contributed by atoms with van der Waals surface area (Å²) in [6.07, 6.45) is 13.7. The van der Waals surface area contributed by atoms with E-state index in [2.05, 4.69) is 15.1 Å². The maximum atomic E-state index is 13.8. The van der Waals surface area contributed by atoms with E-state index >= 15 is 0 Å². The Morgan fingerprint density at radius 2 is 1.61 bits per heavy atom. The van der Waals surface area contributed by atoms with Gasteiger partial charge in [-0.05, 0) is 74.1 Å². The highest BCUT2D eigenvalue weighted by Gasteiger charge is 2.45. The molecule has 0 N–H and O–H groups in total. The summed E-state index contributed by atoms with van der Waals surface area (Å²) < 4.78 is 6.57. The summed E-state index contributed by atoms with van der Waals surface area (Å²) in [6.45, 7) is 0. The van der Waals surface area contributed by atoms with Crippen LogP contribution in [0, 0.1) is 16.7 Å². The number of rotatable bonds is 5. The van der Waals surface area contributed by atoms with E-state index in [1.807, 2.05) is 28.8 Å². The summed E-state index contributed by atoms with van der Waals surface area (Å²) in [5.41, 5.74) is 0.817. The molecule has 8 nitrogen and oxygen atoms in total. The average Bonchev–Trinajstić information content (AvgIpc) is 2.88. The van der Waals surface area contributed by atoms with Gasteiger partial charge < -0.3 is 9.30 Å². The van der Waals surface area contributed by atoms with Gasteiger partial charge in [0.25, 0.3) is 5.56 Å². The third-order valence-electron chi connectivity index (χ3n) is 9.50. The third-order valence-corrected chi connectivity index (χ3v) is 9.50. The minimum Gasteiger partial charge on any atom is -0.467 e. The summed E-state index contributed by atoms with van der Waals surface area (Å²) in [7, 11) is 1.19. The highest BCUT2D eigenvalue weighted by molar-refractivity contribution is 5.79. The van der Waals surface area contributed by atoms with E-state index in [1.54, 1.807) is 0 Å². The Labute approximate surface area is 211 Å². The van der Waals surface area contributed by atoms with Crippen LogP contribution < -0.4 is 5.56 Å². The molecule has 8 heteroatoms. The highest BCUT2D eigenvalue weighted by atomic mass is 16.5. The number of methoxy groups -OCH3 is 1. The number of para-hydroxylation sites is 2. The number of nitroso groups, excluding NO2 is 1. The predicted octanol–water partition coefficient (Wildman–Crippen LogP) is 4.90. The quantitative estimate of drug-likeness (QED) is 0.435. The molecule has 2 saturated carbocycles. The van der Waals surface area contributed by atoms with E-state index < -0.39 is 17.6 Å². The SMILES string of the molecule is COC(=O)C(N=O)c1nc2ccccc2n(C2C[C@H]3CCC[C@@H](C2)N3C2CC3CCCC(C3)C2)c1=O. The first-order chi connectivity index (χ1) is 17.6. The van der Waals surface area contributed by atoms with Gasteiger partial charge >= 0.3 is 5.97 Å². The molecule has 2 aromatic rings. The molecule has 1 aromatic carbocycles. The maximum absolute atomic E-state index is 13.8. The van der Waals surface area contributed by atoms with Crippen molar-refractivity contribution >= 4 is 17.0 Å². The van der Waals surface area contributed by atoms with E-state index in [9.17, 15) is 14.5 Å². The Balaban J connectivity index is 1.36. The second kappa shape index (κ2) is 9.69. The largest absolute Gasteiger partial charge is 0.467 e. The van der Waals surface area contributed by atoms with Crippen LogP contribution in [0.25, 0.3) is 11.0 Å². The molecule has 6 rings (SSSR count). The molecule has 4 bridgehead atoms. The van der Waals surface area contributed by atoms with Crippen LogP contribution in [0.4, 0.5) is 0 Å².